The normalized spacial score (nSPS) is 22.2. The van der Waals surface area contributed by atoms with Crippen LogP contribution in [0.5, 0.6) is 0 Å². The molecule has 2 aromatic heterocycles. The highest BCUT2D eigenvalue weighted by Crippen LogP contribution is 2.35. The molecule has 1 saturated heterocycles. The number of carbonyl (C=O) groups excluding carboxylic acids is 1. The Bertz CT molecular complexity index is 1830. The number of aromatic nitrogens is 4. The van der Waals surface area contributed by atoms with E-state index in [9.17, 15) is 32.6 Å². The fourth-order valence-electron chi connectivity index (χ4n) is 6.86. The predicted molar refractivity (Wildman–Crippen MR) is 189 cm³/mol. The van der Waals surface area contributed by atoms with Gasteiger partial charge in [-0.2, -0.15) is 23.1 Å². The molecule has 17 heteroatoms. The first-order valence-electron chi connectivity index (χ1n) is 17.5. The summed E-state index contributed by atoms with van der Waals surface area (Å²) in [5.41, 5.74) is 3.06. The van der Waals surface area contributed by atoms with Gasteiger partial charge in [-0.25, -0.2) is 14.2 Å². The zero-order chi connectivity index (χ0) is 38.3. The summed E-state index contributed by atoms with van der Waals surface area (Å²) in [5, 5.41) is 38.8. The number of amides is 1. The minimum Gasteiger partial charge on any atom is -0.475 e. The Morgan fingerprint density at radius 1 is 0.981 bits per heavy atom. The van der Waals surface area contributed by atoms with Gasteiger partial charge in [0.2, 0.25) is 11.9 Å². The van der Waals surface area contributed by atoms with Crippen LogP contribution in [0.15, 0.2) is 60.9 Å². The number of aliphatic carboxylic acids is 1. The van der Waals surface area contributed by atoms with Crippen molar-refractivity contribution in [3.05, 3.63) is 77.9 Å². The minimum absolute atomic E-state index is 0.100. The van der Waals surface area contributed by atoms with Gasteiger partial charge in [-0.1, -0.05) is 56.3 Å². The Balaban J connectivity index is 0.000000705. The number of hydrogen-bond donors (Lipinski definition) is 6. The number of likely N-dealkylation sites (N-methyl/N-ethyl adjacent to an activating group) is 1. The molecule has 4 aromatic rings. The molecule has 6 rings (SSSR count). The summed E-state index contributed by atoms with van der Waals surface area (Å²) in [4.78, 5) is 37.9. The summed E-state index contributed by atoms with van der Waals surface area (Å²) < 4.78 is 47.3. The largest absolute Gasteiger partial charge is 0.490 e. The summed E-state index contributed by atoms with van der Waals surface area (Å²) in [6, 6.07) is 15.8. The molecular formula is C36H44F4N8O5. The third-order valence-electron chi connectivity index (χ3n) is 9.69. The molecule has 2 aliphatic rings. The number of halogens is 4. The second-order valence-electron chi connectivity index (χ2n) is 13.0. The molecule has 6 N–H and O–H groups in total. The van der Waals surface area contributed by atoms with Gasteiger partial charge in [-0.3, -0.25) is 9.69 Å². The van der Waals surface area contributed by atoms with Crippen molar-refractivity contribution in [3.63, 3.8) is 0 Å². The van der Waals surface area contributed by atoms with E-state index in [0.29, 0.717) is 48.5 Å². The van der Waals surface area contributed by atoms with Gasteiger partial charge in [0.25, 0.3) is 0 Å². The molecule has 1 saturated carbocycles. The van der Waals surface area contributed by atoms with Gasteiger partial charge in [-0.15, -0.1) is 0 Å². The Hall–Kier alpha value is -4.87. The molecule has 2 fully saturated rings. The van der Waals surface area contributed by atoms with Gasteiger partial charge >= 0.3 is 12.1 Å². The topological polar surface area (TPSA) is 178 Å². The van der Waals surface area contributed by atoms with E-state index in [-0.39, 0.29) is 24.1 Å². The number of imidazole rings is 1. The number of aliphatic hydroxyl groups excluding tert-OH is 2. The van der Waals surface area contributed by atoms with Crippen LogP contribution in [0.3, 0.4) is 0 Å². The number of carboxylic acid groups (broad SMARTS) is 1. The average Bonchev–Trinajstić information content (AvgIpc) is 3.86. The molecule has 1 aliphatic heterocycles. The van der Waals surface area contributed by atoms with Crippen LogP contribution in [0.2, 0.25) is 0 Å². The number of rotatable bonds is 12. The lowest BCUT2D eigenvalue weighted by molar-refractivity contribution is -0.192. The zero-order valence-electron chi connectivity index (χ0n) is 29.3. The van der Waals surface area contributed by atoms with Crippen molar-refractivity contribution in [3.8, 4) is 0 Å². The van der Waals surface area contributed by atoms with E-state index in [2.05, 4.69) is 44.9 Å². The molecule has 13 nitrogen and oxygen atoms in total. The molecule has 0 radical (unpaired) electrons. The number of aliphatic hydroxyl groups is 2. The summed E-state index contributed by atoms with van der Waals surface area (Å²) in [5.74, 6) is -2.38. The Morgan fingerprint density at radius 2 is 1.66 bits per heavy atom. The lowest BCUT2D eigenvalue weighted by Gasteiger charge is -2.23. The third-order valence-corrected chi connectivity index (χ3v) is 9.69. The zero-order valence-corrected chi connectivity index (χ0v) is 29.3. The molecule has 3 heterocycles. The van der Waals surface area contributed by atoms with Crippen molar-refractivity contribution in [2.45, 2.75) is 82.0 Å². The van der Waals surface area contributed by atoms with Crippen LogP contribution in [0.25, 0.3) is 11.2 Å². The summed E-state index contributed by atoms with van der Waals surface area (Å²) in [6.45, 7) is 7.11. The van der Waals surface area contributed by atoms with Crippen LogP contribution in [-0.2, 0) is 9.59 Å². The number of nitrogens with one attached hydrogen (secondary N) is 3. The van der Waals surface area contributed by atoms with Crippen LogP contribution in [0.4, 0.5) is 29.3 Å². The fraction of sp³-hybridized carbons (Fsp3) is 0.472. The predicted octanol–water partition coefficient (Wildman–Crippen LogP) is 4.30. The van der Waals surface area contributed by atoms with Gasteiger partial charge < -0.3 is 35.8 Å². The van der Waals surface area contributed by atoms with Gasteiger partial charge in [0.05, 0.1) is 18.4 Å². The van der Waals surface area contributed by atoms with Crippen LogP contribution in [-0.4, -0.2) is 108 Å². The number of benzene rings is 2. The number of carbonyl (C=O) groups is 2. The Labute approximate surface area is 303 Å². The molecule has 286 valence electrons. The quantitative estimate of drug-likeness (QED) is 0.114. The Kier molecular flexibility index (Phi) is 12.8. The summed E-state index contributed by atoms with van der Waals surface area (Å²) >= 11 is 0. The van der Waals surface area contributed by atoms with E-state index >= 15 is 0 Å². The maximum absolute atomic E-state index is 13.8. The van der Waals surface area contributed by atoms with E-state index in [0.717, 1.165) is 37.1 Å². The monoisotopic (exact) mass is 744 g/mol. The van der Waals surface area contributed by atoms with Gasteiger partial charge in [0.15, 0.2) is 17.0 Å². The van der Waals surface area contributed by atoms with E-state index in [1.165, 1.54) is 12.1 Å². The average molecular weight is 745 g/mol. The summed E-state index contributed by atoms with van der Waals surface area (Å²) in [6.07, 6.45) is -2.86. The SMILES string of the molecule is CCC(=O)N[C@H]1C[C@@H](n2cnc3c(NCC(c4ccccc4)c4ccc(F)cc4)nc(NC[C@H]4CCCN4CC)nc32)[C@H](O)[C@@H]1O.O=C(O)C(F)(F)F. The fourth-order valence-corrected chi connectivity index (χ4v) is 6.86. The number of fused-ring (bicyclic) bond motifs is 1. The van der Waals surface area contributed by atoms with Crippen molar-refractivity contribution in [2.24, 2.45) is 0 Å². The molecule has 0 spiro atoms. The number of carboxylic acids is 1. The van der Waals surface area contributed by atoms with E-state index in [4.69, 9.17) is 19.9 Å². The molecule has 1 aliphatic carbocycles. The van der Waals surface area contributed by atoms with Crippen molar-refractivity contribution < 1.29 is 42.5 Å². The maximum Gasteiger partial charge on any atom is 0.490 e. The molecule has 0 bridgehead atoms. The molecular weight excluding hydrogens is 700 g/mol. The number of likely N-dealkylation sites (tertiary alicyclic amines) is 1. The molecule has 53 heavy (non-hydrogen) atoms. The molecule has 1 unspecified atom stereocenters. The lowest BCUT2D eigenvalue weighted by Crippen LogP contribution is -2.42. The molecule has 6 atom stereocenters. The summed E-state index contributed by atoms with van der Waals surface area (Å²) in [7, 11) is 0. The second kappa shape index (κ2) is 17.3. The first-order chi connectivity index (χ1) is 25.3. The number of hydrogen-bond acceptors (Lipinski definition) is 10. The van der Waals surface area contributed by atoms with Crippen LogP contribution < -0.4 is 16.0 Å². The van der Waals surface area contributed by atoms with Crippen molar-refractivity contribution >= 4 is 34.8 Å². The smallest absolute Gasteiger partial charge is 0.475 e. The van der Waals surface area contributed by atoms with Gasteiger partial charge in [0.1, 0.15) is 18.0 Å². The van der Waals surface area contributed by atoms with Crippen molar-refractivity contribution in [1.82, 2.24) is 29.7 Å². The first kappa shape index (κ1) is 39.3. The second-order valence-corrected chi connectivity index (χ2v) is 13.0. The number of alkyl halides is 3. The highest BCUT2D eigenvalue weighted by molar-refractivity contribution is 5.84. The van der Waals surface area contributed by atoms with Crippen LogP contribution in [0.1, 0.15) is 62.6 Å². The molecule has 1 amide bonds. The number of nitrogens with zero attached hydrogens (tertiary/aromatic N) is 5. The van der Waals surface area contributed by atoms with Crippen LogP contribution in [0, 0.1) is 5.82 Å². The maximum atomic E-state index is 13.8. The highest BCUT2D eigenvalue weighted by atomic mass is 19.4. The van der Waals surface area contributed by atoms with Crippen LogP contribution >= 0.6 is 0 Å². The lowest BCUT2D eigenvalue weighted by atomic mass is 9.91. The first-order valence-corrected chi connectivity index (χ1v) is 17.5. The van der Waals surface area contributed by atoms with E-state index < -0.39 is 36.4 Å². The number of anilines is 2. The van der Waals surface area contributed by atoms with E-state index in [1.807, 2.05) is 18.2 Å². The van der Waals surface area contributed by atoms with E-state index in [1.54, 1.807) is 30.0 Å². The Morgan fingerprint density at radius 3 is 2.30 bits per heavy atom. The molecule has 2 aromatic carbocycles. The van der Waals surface area contributed by atoms with Gasteiger partial charge in [0, 0.05) is 31.5 Å². The van der Waals surface area contributed by atoms with Gasteiger partial charge in [-0.05, 0) is 55.6 Å². The van der Waals surface area contributed by atoms with Crippen molar-refractivity contribution in [2.75, 3.05) is 36.8 Å². The third kappa shape index (κ3) is 9.57. The van der Waals surface area contributed by atoms with Crippen molar-refractivity contribution in [1.29, 1.82) is 0 Å². The minimum atomic E-state index is -5.08. The standard InChI is InChI=1S/C34H43FN8O3.C2HF3O2/c1-3-28(44)39-26-17-27(31(46)30(26)45)43-20-38-29-32(40-34(41-33(29)43)37-18-24-11-8-16-42(24)4-2)36-19-25(21-9-6-5-7-10-21)22-12-14-23(35)15-13-22;3-2(4,5)1(6)7/h5-7,9-10,12-15,20,24-27,30-31,45-46H,3-4,8,11,16-19H2,1-2H3,(H,39,44)(H2,36,37,40,41);(H,6,7)/t24-,25?,26+,27-,30-,31+;/m1./s1. The highest BCUT2D eigenvalue weighted by Gasteiger charge is 2.44.